The molecule has 10 heteroatoms. The van der Waals surface area contributed by atoms with Crippen LogP contribution >= 0.6 is 24.8 Å². The van der Waals surface area contributed by atoms with Gasteiger partial charge in [0.25, 0.3) is 11.5 Å². The number of carbonyl (C=O) groups excluding carboxylic acids is 1. The van der Waals surface area contributed by atoms with Crippen LogP contribution in [0.2, 0.25) is 0 Å². The fourth-order valence-corrected chi connectivity index (χ4v) is 3.19. The minimum Gasteiger partial charge on any atom is -0.337 e. The topological polar surface area (TPSA) is 114 Å². The second-order valence-corrected chi connectivity index (χ2v) is 6.75. The minimum absolute atomic E-state index is 0. The van der Waals surface area contributed by atoms with E-state index < -0.39 is 11.2 Å². The van der Waals surface area contributed by atoms with Crippen molar-refractivity contribution in [2.75, 3.05) is 13.1 Å². The lowest BCUT2D eigenvalue weighted by Gasteiger charge is -2.19. The standard InChI is InChI=1S/C17H23N5O3.2ClH/c1-4-22-14-13(15(23)20-17(22)25)11(7-12(19-14)9(2)3)16(24)21-6-5-10(18)8-21;;/h7,9-10H,4-6,8,18H2,1-3H3,(H,20,23,25);2*1H. The summed E-state index contributed by atoms with van der Waals surface area (Å²) in [5, 5.41) is 0.163. The van der Waals surface area contributed by atoms with E-state index >= 15 is 0 Å². The van der Waals surface area contributed by atoms with E-state index in [1.165, 1.54) is 4.57 Å². The van der Waals surface area contributed by atoms with Crippen LogP contribution in [0.1, 0.15) is 49.2 Å². The summed E-state index contributed by atoms with van der Waals surface area (Å²) in [7, 11) is 0. The van der Waals surface area contributed by atoms with E-state index in [9.17, 15) is 14.4 Å². The quantitative estimate of drug-likeness (QED) is 0.779. The number of aromatic nitrogens is 3. The molecule has 0 saturated carbocycles. The Morgan fingerprint density at radius 1 is 1.37 bits per heavy atom. The van der Waals surface area contributed by atoms with Crippen molar-refractivity contribution >= 4 is 41.8 Å². The van der Waals surface area contributed by atoms with Crippen molar-refractivity contribution in [3.8, 4) is 0 Å². The van der Waals surface area contributed by atoms with Gasteiger partial charge in [0.2, 0.25) is 0 Å². The average molecular weight is 418 g/mol. The highest BCUT2D eigenvalue weighted by molar-refractivity contribution is 6.05. The fourth-order valence-electron chi connectivity index (χ4n) is 3.19. The number of hydrogen-bond donors (Lipinski definition) is 2. The molecule has 0 spiro atoms. The van der Waals surface area contributed by atoms with Gasteiger partial charge in [-0.25, -0.2) is 9.78 Å². The van der Waals surface area contributed by atoms with E-state index in [4.69, 9.17) is 5.73 Å². The molecular formula is C17H25Cl2N5O3. The molecule has 1 amide bonds. The third-order valence-electron chi connectivity index (χ3n) is 4.62. The van der Waals surface area contributed by atoms with Crippen molar-refractivity contribution in [2.24, 2.45) is 5.73 Å². The molecule has 3 N–H and O–H groups in total. The third-order valence-corrected chi connectivity index (χ3v) is 4.62. The number of carbonyl (C=O) groups is 1. The van der Waals surface area contributed by atoms with Crippen LogP contribution in [0.25, 0.3) is 11.0 Å². The molecule has 3 heterocycles. The predicted molar refractivity (Wildman–Crippen MR) is 109 cm³/mol. The number of nitrogens with zero attached hydrogens (tertiary/aromatic N) is 3. The Morgan fingerprint density at radius 2 is 2.04 bits per heavy atom. The van der Waals surface area contributed by atoms with Gasteiger partial charge >= 0.3 is 5.69 Å². The molecule has 0 aromatic carbocycles. The highest BCUT2D eigenvalue weighted by Gasteiger charge is 2.28. The second-order valence-electron chi connectivity index (χ2n) is 6.75. The number of aromatic amines is 1. The number of H-pyrrole nitrogens is 1. The number of amides is 1. The molecule has 0 bridgehead atoms. The zero-order chi connectivity index (χ0) is 18.3. The van der Waals surface area contributed by atoms with Crippen LogP contribution in [-0.2, 0) is 6.54 Å². The molecule has 2 aromatic rings. The van der Waals surface area contributed by atoms with Crippen LogP contribution in [0.3, 0.4) is 0 Å². The molecule has 0 aliphatic carbocycles. The van der Waals surface area contributed by atoms with Crippen LogP contribution in [0.15, 0.2) is 15.7 Å². The Bertz CT molecular complexity index is 954. The molecule has 150 valence electrons. The number of halogens is 2. The number of rotatable bonds is 3. The van der Waals surface area contributed by atoms with Gasteiger partial charge in [-0.05, 0) is 25.3 Å². The lowest BCUT2D eigenvalue weighted by atomic mass is 10.0. The smallest absolute Gasteiger partial charge is 0.329 e. The van der Waals surface area contributed by atoms with E-state index in [2.05, 4.69) is 9.97 Å². The summed E-state index contributed by atoms with van der Waals surface area (Å²) < 4.78 is 1.38. The van der Waals surface area contributed by atoms with E-state index in [1.54, 1.807) is 17.9 Å². The van der Waals surface area contributed by atoms with Gasteiger partial charge in [0.1, 0.15) is 0 Å². The van der Waals surface area contributed by atoms with Gasteiger partial charge in [0, 0.05) is 31.4 Å². The van der Waals surface area contributed by atoms with Crippen LogP contribution in [0.4, 0.5) is 0 Å². The Labute approximate surface area is 169 Å². The van der Waals surface area contributed by atoms with Gasteiger partial charge in [-0.15, -0.1) is 24.8 Å². The van der Waals surface area contributed by atoms with Crippen molar-refractivity contribution in [1.82, 2.24) is 19.4 Å². The largest absolute Gasteiger partial charge is 0.337 e. The van der Waals surface area contributed by atoms with Crippen LogP contribution in [-0.4, -0.2) is 44.5 Å². The number of nitrogens with two attached hydrogens (primary N) is 1. The van der Waals surface area contributed by atoms with Gasteiger partial charge in [0.05, 0.1) is 10.9 Å². The second kappa shape index (κ2) is 8.86. The summed E-state index contributed by atoms with van der Waals surface area (Å²) in [6.45, 7) is 7.08. The average Bonchev–Trinajstić information content (AvgIpc) is 2.99. The molecular weight excluding hydrogens is 393 g/mol. The lowest BCUT2D eigenvalue weighted by molar-refractivity contribution is 0.0792. The molecule has 1 aliphatic heterocycles. The monoisotopic (exact) mass is 417 g/mol. The first kappa shape index (κ1) is 23.1. The van der Waals surface area contributed by atoms with Crippen LogP contribution in [0, 0.1) is 0 Å². The number of fused-ring (bicyclic) bond motifs is 1. The molecule has 0 radical (unpaired) electrons. The molecule has 1 aliphatic rings. The maximum absolute atomic E-state index is 13.0. The van der Waals surface area contributed by atoms with Crippen molar-refractivity contribution in [2.45, 2.75) is 45.7 Å². The molecule has 1 unspecified atom stereocenters. The molecule has 8 nitrogen and oxygen atoms in total. The van der Waals surface area contributed by atoms with Crippen LogP contribution < -0.4 is 17.0 Å². The van der Waals surface area contributed by atoms with E-state index in [1.807, 2.05) is 13.8 Å². The first-order valence-electron chi connectivity index (χ1n) is 8.56. The number of likely N-dealkylation sites (tertiary alicyclic amines) is 1. The third kappa shape index (κ3) is 4.17. The van der Waals surface area contributed by atoms with Gasteiger partial charge in [0.15, 0.2) is 5.65 Å². The van der Waals surface area contributed by atoms with Crippen molar-refractivity contribution in [3.05, 3.63) is 38.2 Å². The Hall–Kier alpha value is -1.90. The fraction of sp³-hybridized carbons (Fsp3) is 0.529. The maximum atomic E-state index is 13.0. The minimum atomic E-state index is -0.584. The SMILES string of the molecule is CCn1c(=O)[nH]c(=O)c2c(C(=O)N3CCC(N)C3)cc(C(C)C)nc21.Cl.Cl. The van der Waals surface area contributed by atoms with Crippen molar-refractivity contribution in [3.63, 3.8) is 0 Å². The summed E-state index contributed by atoms with van der Waals surface area (Å²) in [6.07, 6.45) is 0.738. The summed E-state index contributed by atoms with van der Waals surface area (Å²) >= 11 is 0. The number of pyridine rings is 1. The molecule has 1 atom stereocenters. The van der Waals surface area contributed by atoms with E-state index in [-0.39, 0.29) is 59.3 Å². The zero-order valence-electron chi connectivity index (χ0n) is 15.5. The Kier molecular flexibility index (Phi) is 7.59. The molecule has 27 heavy (non-hydrogen) atoms. The van der Waals surface area contributed by atoms with E-state index in [0.29, 0.717) is 25.3 Å². The summed E-state index contributed by atoms with van der Waals surface area (Å²) in [6, 6.07) is 1.62. The molecule has 1 saturated heterocycles. The molecule has 2 aromatic heterocycles. The first-order valence-corrected chi connectivity index (χ1v) is 8.56. The van der Waals surface area contributed by atoms with Crippen molar-refractivity contribution in [1.29, 1.82) is 0 Å². The van der Waals surface area contributed by atoms with Gasteiger partial charge in [-0.1, -0.05) is 13.8 Å². The Balaban J connectivity index is 0.00000182. The summed E-state index contributed by atoms with van der Waals surface area (Å²) in [5.41, 5.74) is 6.02. The molecule has 3 rings (SSSR count). The Morgan fingerprint density at radius 3 is 2.56 bits per heavy atom. The summed E-state index contributed by atoms with van der Waals surface area (Å²) in [4.78, 5) is 46.0. The van der Waals surface area contributed by atoms with Crippen molar-refractivity contribution < 1.29 is 4.79 Å². The van der Waals surface area contributed by atoms with Gasteiger partial charge in [-0.2, -0.15) is 0 Å². The highest BCUT2D eigenvalue weighted by Crippen LogP contribution is 2.22. The van der Waals surface area contributed by atoms with Gasteiger partial charge < -0.3 is 10.6 Å². The number of hydrogen-bond acceptors (Lipinski definition) is 5. The summed E-state index contributed by atoms with van der Waals surface area (Å²) in [5.74, 6) is -0.189. The normalized spacial score (nSPS) is 16.3. The zero-order valence-corrected chi connectivity index (χ0v) is 17.2. The highest BCUT2D eigenvalue weighted by atomic mass is 35.5. The van der Waals surface area contributed by atoms with Crippen LogP contribution in [0.5, 0.6) is 0 Å². The van der Waals surface area contributed by atoms with Gasteiger partial charge in [-0.3, -0.25) is 19.1 Å². The maximum Gasteiger partial charge on any atom is 0.329 e. The predicted octanol–water partition coefficient (Wildman–Crippen LogP) is 1.24. The van der Waals surface area contributed by atoms with E-state index in [0.717, 1.165) is 6.42 Å². The number of aryl methyl sites for hydroxylation is 1. The first-order chi connectivity index (χ1) is 11.8. The number of nitrogens with one attached hydrogen (secondary N) is 1. The lowest BCUT2D eigenvalue weighted by Crippen LogP contribution is -2.35. The molecule has 1 fully saturated rings.